The van der Waals surface area contributed by atoms with Crippen molar-refractivity contribution in [2.75, 3.05) is 5.43 Å². The number of aryl methyl sites for hydroxylation is 2. The second kappa shape index (κ2) is 9.14. The molecule has 0 aliphatic carbocycles. The number of hydrogen-bond donors (Lipinski definition) is 1. The van der Waals surface area contributed by atoms with Crippen LogP contribution < -0.4 is 5.43 Å². The lowest BCUT2D eigenvalue weighted by atomic mass is 10.1. The Kier molecular flexibility index (Phi) is 6.85. The van der Waals surface area contributed by atoms with E-state index < -0.39 is 9.85 Å². The Morgan fingerprint density at radius 2 is 1.70 bits per heavy atom. The van der Waals surface area contributed by atoms with Crippen LogP contribution in [-0.4, -0.2) is 25.6 Å². The summed E-state index contributed by atoms with van der Waals surface area (Å²) < 4.78 is 2.00. The molecule has 0 unspecified atom stereocenters. The fourth-order valence-electron chi connectivity index (χ4n) is 3.02. The van der Waals surface area contributed by atoms with Gasteiger partial charge in [0.2, 0.25) is 0 Å². The van der Waals surface area contributed by atoms with E-state index in [0.717, 1.165) is 34.4 Å². The van der Waals surface area contributed by atoms with Crippen LogP contribution in [0.15, 0.2) is 47.7 Å². The summed E-state index contributed by atoms with van der Waals surface area (Å²) in [6.45, 7) is 5.70. The van der Waals surface area contributed by atoms with Gasteiger partial charge in [-0.3, -0.25) is 25.7 Å². The summed E-state index contributed by atoms with van der Waals surface area (Å²) in [4.78, 5) is 24.6. The molecule has 0 radical (unpaired) electrons. The third-order valence-electron chi connectivity index (χ3n) is 4.44. The lowest BCUT2D eigenvalue weighted by molar-refractivity contribution is -0.385. The molecule has 156 valence electrons. The van der Waals surface area contributed by atoms with Crippen LogP contribution in [0.4, 0.5) is 17.2 Å². The van der Waals surface area contributed by atoms with Gasteiger partial charge in [0, 0.05) is 40.8 Å². The Hall–Kier alpha value is -3.79. The Morgan fingerprint density at radius 1 is 1.03 bits per heavy atom. The molecule has 0 spiro atoms. The Balaban J connectivity index is 0.00000320. The molecule has 10 nitrogen and oxygen atoms in total. The topological polar surface area (TPSA) is 128 Å². The van der Waals surface area contributed by atoms with E-state index in [-0.39, 0.29) is 23.8 Å². The first kappa shape index (κ1) is 22.5. The number of rotatable bonds is 6. The number of nitrogens with one attached hydrogen (secondary N) is 1. The number of pyridine rings is 1. The zero-order valence-electron chi connectivity index (χ0n) is 16.4. The van der Waals surface area contributed by atoms with E-state index in [1.165, 1.54) is 18.2 Å². The van der Waals surface area contributed by atoms with Crippen LogP contribution in [0.2, 0.25) is 0 Å². The van der Waals surface area contributed by atoms with Crippen molar-refractivity contribution in [3.8, 4) is 5.69 Å². The van der Waals surface area contributed by atoms with Crippen LogP contribution >= 0.6 is 12.4 Å². The number of nitro groups is 2. The maximum Gasteiger partial charge on any atom is 0.287 e. The lowest BCUT2D eigenvalue weighted by Crippen LogP contribution is -2.03. The zero-order valence-corrected chi connectivity index (χ0v) is 17.2. The molecule has 1 aromatic carbocycles. The zero-order chi connectivity index (χ0) is 21.1. The second-order valence-electron chi connectivity index (χ2n) is 6.42. The summed E-state index contributed by atoms with van der Waals surface area (Å²) in [7, 11) is 0. The number of hydrazone groups is 1. The number of non-ortho nitro benzene ring substituents is 1. The first-order valence-corrected chi connectivity index (χ1v) is 8.62. The van der Waals surface area contributed by atoms with Crippen molar-refractivity contribution in [2.45, 2.75) is 20.8 Å². The second-order valence-corrected chi connectivity index (χ2v) is 6.42. The number of anilines is 1. The van der Waals surface area contributed by atoms with E-state index in [1.807, 2.05) is 31.4 Å². The van der Waals surface area contributed by atoms with E-state index in [4.69, 9.17) is 0 Å². The molecule has 0 saturated heterocycles. The molecule has 0 amide bonds. The highest BCUT2D eigenvalue weighted by Gasteiger charge is 2.14. The molecular weight excluding hydrogens is 412 g/mol. The van der Waals surface area contributed by atoms with Gasteiger partial charge < -0.3 is 4.57 Å². The third kappa shape index (κ3) is 4.61. The van der Waals surface area contributed by atoms with Crippen molar-refractivity contribution >= 4 is 35.8 Å². The monoisotopic (exact) mass is 430 g/mol. The number of nitrogens with zero attached hydrogens (tertiary/aromatic N) is 5. The molecule has 11 heteroatoms. The largest absolute Gasteiger partial charge is 0.318 e. The molecule has 3 rings (SSSR count). The summed E-state index contributed by atoms with van der Waals surface area (Å²) in [6, 6.07) is 9.52. The molecule has 0 fully saturated rings. The Bertz CT molecular complexity index is 1120. The average molecular weight is 431 g/mol. The fraction of sp³-hybridized carbons (Fsp3) is 0.158. The standard InChI is InChI=1S/C19H18N6O4.ClH/c1-12-8-16(24(26)27)4-6-18(12)23-13(2)9-15(14(23)3)10-21-22-19-7-5-17(11-20-19)25(28)29;/h4-11H,1-3H3,(H,20,22);1H/b21-10+;. The molecule has 0 bridgehead atoms. The third-order valence-corrected chi connectivity index (χ3v) is 4.44. The molecule has 0 atom stereocenters. The Labute approximate surface area is 178 Å². The fourth-order valence-corrected chi connectivity index (χ4v) is 3.02. The summed E-state index contributed by atoms with van der Waals surface area (Å²) in [5, 5.41) is 25.8. The van der Waals surface area contributed by atoms with Crippen LogP contribution in [0.1, 0.15) is 22.5 Å². The number of hydrogen-bond acceptors (Lipinski definition) is 7. The minimum Gasteiger partial charge on any atom is -0.318 e. The number of nitro benzene ring substituents is 1. The van der Waals surface area contributed by atoms with Gasteiger partial charge in [-0.1, -0.05) is 0 Å². The van der Waals surface area contributed by atoms with Gasteiger partial charge in [0.25, 0.3) is 11.4 Å². The van der Waals surface area contributed by atoms with Gasteiger partial charge in [-0.25, -0.2) is 4.98 Å². The maximum absolute atomic E-state index is 11.0. The maximum atomic E-state index is 11.0. The predicted molar refractivity (Wildman–Crippen MR) is 116 cm³/mol. The van der Waals surface area contributed by atoms with Crippen molar-refractivity contribution in [3.63, 3.8) is 0 Å². The van der Waals surface area contributed by atoms with Crippen LogP contribution in [0.25, 0.3) is 5.69 Å². The van der Waals surface area contributed by atoms with Crippen molar-refractivity contribution in [2.24, 2.45) is 5.10 Å². The molecule has 0 aliphatic heterocycles. The van der Waals surface area contributed by atoms with Gasteiger partial charge >= 0.3 is 0 Å². The first-order chi connectivity index (χ1) is 13.8. The SMILES string of the molecule is Cc1cc([N+](=O)[O-])ccc1-n1c(C)cc(/C=N/Nc2ccc([N+](=O)[O-])cn2)c1C.Cl. The van der Waals surface area contributed by atoms with Gasteiger partial charge in [-0.15, -0.1) is 12.4 Å². The quantitative estimate of drug-likeness (QED) is 0.348. The number of benzene rings is 1. The molecular formula is C19H19ClN6O4. The van der Waals surface area contributed by atoms with Crippen LogP contribution in [0.3, 0.4) is 0 Å². The van der Waals surface area contributed by atoms with Crippen molar-refractivity contribution < 1.29 is 9.85 Å². The van der Waals surface area contributed by atoms with Gasteiger partial charge in [0.1, 0.15) is 12.0 Å². The van der Waals surface area contributed by atoms with Gasteiger partial charge in [-0.2, -0.15) is 5.10 Å². The minimum atomic E-state index is -0.519. The van der Waals surface area contributed by atoms with Gasteiger partial charge in [0.15, 0.2) is 0 Å². The average Bonchev–Trinajstić information content (AvgIpc) is 2.95. The number of aromatic nitrogens is 2. The van der Waals surface area contributed by atoms with E-state index in [0.29, 0.717) is 5.82 Å². The number of halogens is 1. The van der Waals surface area contributed by atoms with E-state index in [9.17, 15) is 20.2 Å². The van der Waals surface area contributed by atoms with E-state index in [2.05, 4.69) is 15.5 Å². The molecule has 0 saturated carbocycles. The van der Waals surface area contributed by atoms with Crippen molar-refractivity contribution in [1.29, 1.82) is 0 Å². The highest BCUT2D eigenvalue weighted by atomic mass is 35.5. The highest BCUT2D eigenvalue weighted by Crippen LogP contribution is 2.25. The summed E-state index contributed by atoms with van der Waals surface area (Å²) >= 11 is 0. The predicted octanol–water partition coefficient (Wildman–Crippen LogP) is 4.48. The highest BCUT2D eigenvalue weighted by molar-refractivity contribution is 5.85. The van der Waals surface area contributed by atoms with Crippen LogP contribution in [0, 0.1) is 41.0 Å². The van der Waals surface area contributed by atoms with Crippen LogP contribution in [0.5, 0.6) is 0 Å². The summed E-state index contributed by atoms with van der Waals surface area (Å²) in [6.07, 6.45) is 2.78. The van der Waals surface area contributed by atoms with Crippen molar-refractivity contribution in [1.82, 2.24) is 9.55 Å². The Morgan fingerprint density at radius 3 is 2.27 bits per heavy atom. The van der Waals surface area contributed by atoms with Crippen LogP contribution in [-0.2, 0) is 0 Å². The van der Waals surface area contributed by atoms with E-state index in [1.54, 1.807) is 18.3 Å². The van der Waals surface area contributed by atoms with Crippen molar-refractivity contribution in [3.05, 3.63) is 85.3 Å². The summed E-state index contributed by atoms with van der Waals surface area (Å²) in [5.74, 6) is 0.381. The molecule has 1 N–H and O–H groups in total. The first-order valence-electron chi connectivity index (χ1n) is 8.62. The molecule has 30 heavy (non-hydrogen) atoms. The molecule has 2 heterocycles. The molecule has 0 aliphatic rings. The minimum absolute atomic E-state index is 0. The lowest BCUT2D eigenvalue weighted by Gasteiger charge is -2.12. The molecule has 2 aromatic heterocycles. The summed E-state index contributed by atoms with van der Waals surface area (Å²) in [5.41, 5.74) is 7.07. The molecule has 3 aromatic rings. The van der Waals surface area contributed by atoms with Gasteiger partial charge in [0.05, 0.1) is 16.1 Å². The van der Waals surface area contributed by atoms with Gasteiger partial charge in [-0.05, 0) is 44.5 Å². The van der Waals surface area contributed by atoms with E-state index >= 15 is 0 Å². The smallest absolute Gasteiger partial charge is 0.287 e. The normalized spacial score (nSPS) is 10.6.